The molecule has 0 amide bonds. The van der Waals surface area contributed by atoms with Crippen LogP contribution in [-0.2, 0) is 30.7 Å². The number of rotatable bonds is 11. The Morgan fingerprint density at radius 2 is 1.63 bits per heavy atom. The van der Waals surface area contributed by atoms with Gasteiger partial charge >= 0.3 is 196 Å². The maximum absolute atomic E-state index is 11.3. The molecule has 1 heterocycles. The summed E-state index contributed by atoms with van der Waals surface area (Å²) in [6, 6.07) is 19.2. The summed E-state index contributed by atoms with van der Waals surface area (Å²) in [6.45, 7) is 11.6. The molecule has 2 aromatic rings. The van der Waals surface area contributed by atoms with Crippen molar-refractivity contribution in [2.45, 2.75) is 71.1 Å². The first-order valence-electron chi connectivity index (χ1n) is 12.6. The number of allylic oxidation sites excluding steroid dienone is 6. The number of carbonyl (C=O) groups excluding carboxylic acids is 1. The van der Waals surface area contributed by atoms with Crippen LogP contribution in [-0.4, -0.2) is 16.8 Å². The zero-order valence-electron chi connectivity index (χ0n) is 21.8. The van der Waals surface area contributed by atoms with E-state index in [1.165, 1.54) is 22.5 Å². The molecule has 0 saturated heterocycles. The van der Waals surface area contributed by atoms with Crippen molar-refractivity contribution in [3.63, 3.8) is 0 Å². The molecule has 2 nitrogen and oxygen atoms in total. The van der Waals surface area contributed by atoms with Crippen LogP contribution in [0.2, 0.25) is 0 Å². The third-order valence-corrected chi connectivity index (χ3v) is 7.75. The minimum absolute atomic E-state index is 0.0588. The molecular formula is C32H39NNiO. The van der Waals surface area contributed by atoms with Gasteiger partial charge < -0.3 is 4.79 Å². The van der Waals surface area contributed by atoms with Gasteiger partial charge in [-0.2, -0.15) is 0 Å². The third-order valence-electron chi connectivity index (χ3n) is 6.97. The van der Waals surface area contributed by atoms with Gasteiger partial charge in [0.15, 0.2) is 0 Å². The predicted octanol–water partition coefficient (Wildman–Crippen LogP) is 7.63. The SMILES string of the molecule is CC(=O)CCCCCN1\C(=C/C=C/C=C/[C](=[Ni])C(C)(C)c2ccccc2)C(C)(C)c2ccccc21. The van der Waals surface area contributed by atoms with Gasteiger partial charge in [0.1, 0.15) is 5.78 Å². The normalized spacial score (nSPS) is 16.4. The second-order valence-corrected chi connectivity index (χ2v) is 10.9. The summed E-state index contributed by atoms with van der Waals surface area (Å²) in [5.41, 5.74) is 4.99. The standard InChI is InChI=1S/C32H39NO.Ni/c1-26(34)18-10-9-17-25-33-29-22-15-14-21-28(29)32(4,5)30(33)23-13-6-7-16-24-31(2,3)27-19-11-8-12-20-27;/h6-8,11-16,19-23H,9-10,17-18,25H2,1-5H3;/b13-6+,16-7+,30-23-;. The van der Waals surface area contributed by atoms with Crippen molar-refractivity contribution in [3.05, 3.63) is 102 Å². The van der Waals surface area contributed by atoms with E-state index in [2.05, 4.69) is 112 Å². The number of carbonyl (C=O) groups is 1. The van der Waals surface area contributed by atoms with E-state index < -0.39 is 0 Å². The molecule has 0 aliphatic carbocycles. The van der Waals surface area contributed by atoms with Crippen molar-refractivity contribution >= 4 is 16.0 Å². The molecule has 3 rings (SSSR count). The van der Waals surface area contributed by atoms with Gasteiger partial charge in [0.2, 0.25) is 0 Å². The van der Waals surface area contributed by atoms with E-state index in [9.17, 15) is 4.79 Å². The first-order valence-corrected chi connectivity index (χ1v) is 13.1. The Kier molecular flexibility index (Phi) is 9.25. The first-order chi connectivity index (χ1) is 16.7. The number of nitrogens with zero attached hydrogens (tertiary/aromatic N) is 1. The third kappa shape index (κ3) is 6.59. The summed E-state index contributed by atoms with van der Waals surface area (Å²) >= 11 is 5.40. The van der Waals surface area contributed by atoms with Gasteiger partial charge in [0, 0.05) is 6.42 Å². The quantitative estimate of drug-likeness (QED) is 0.175. The van der Waals surface area contributed by atoms with Crippen LogP contribution in [0.1, 0.15) is 71.4 Å². The van der Waals surface area contributed by atoms with Crippen molar-refractivity contribution in [2.75, 3.05) is 11.4 Å². The number of para-hydroxylation sites is 1. The zero-order valence-corrected chi connectivity index (χ0v) is 22.8. The number of unbranched alkanes of at least 4 members (excludes halogenated alkanes) is 2. The Balaban J connectivity index is 1.72. The van der Waals surface area contributed by atoms with Crippen LogP contribution in [0.15, 0.2) is 90.7 Å². The van der Waals surface area contributed by atoms with Crippen LogP contribution >= 0.6 is 0 Å². The van der Waals surface area contributed by atoms with Crippen molar-refractivity contribution in [3.8, 4) is 0 Å². The van der Waals surface area contributed by atoms with Crippen molar-refractivity contribution in [1.29, 1.82) is 0 Å². The number of hydrogen-bond acceptors (Lipinski definition) is 2. The van der Waals surface area contributed by atoms with E-state index in [-0.39, 0.29) is 16.6 Å². The first kappa shape index (κ1) is 27.1. The molecule has 0 radical (unpaired) electrons. The Hall–Kier alpha value is -2.51. The minimum atomic E-state index is -0.168. The summed E-state index contributed by atoms with van der Waals surface area (Å²) < 4.78 is 0.960. The fourth-order valence-electron chi connectivity index (χ4n) is 4.74. The molecule has 1 aliphatic heterocycles. The van der Waals surface area contributed by atoms with Crippen LogP contribution < -0.4 is 4.90 Å². The monoisotopic (exact) mass is 511 g/mol. The Morgan fingerprint density at radius 1 is 0.943 bits per heavy atom. The van der Waals surface area contributed by atoms with E-state index in [0.29, 0.717) is 6.42 Å². The van der Waals surface area contributed by atoms with Gasteiger partial charge in [-0.1, -0.05) is 0 Å². The maximum atomic E-state index is 11.3. The van der Waals surface area contributed by atoms with Crippen LogP contribution in [0.3, 0.4) is 0 Å². The second-order valence-electron chi connectivity index (χ2n) is 10.4. The molecule has 0 bridgehead atoms. The van der Waals surface area contributed by atoms with Crippen molar-refractivity contribution < 1.29 is 19.8 Å². The van der Waals surface area contributed by atoms with Gasteiger partial charge in [-0.25, -0.2) is 0 Å². The predicted molar refractivity (Wildman–Crippen MR) is 147 cm³/mol. The summed E-state index contributed by atoms with van der Waals surface area (Å²) in [6.07, 6.45) is 14.4. The van der Waals surface area contributed by atoms with Crippen LogP contribution in [0.4, 0.5) is 5.69 Å². The fourth-order valence-corrected chi connectivity index (χ4v) is 4.98. The van der Waals surface area contributed by atoms with Crippen molar-refractivity contribution in [2.24, 2.45) is 0 Å². The number of hydrogen-bond donors (Lipinski definition) is 0. The van der Waals surface area contributed by atoms with Gasteiger partial charge in [0.05, 0.1) is 0 Å². The molecule has 0 saturated carbocycles. The second kappa shape index (κ2) is 12.0. The van der Waals surface area contributed by atoms with E-state index in [1.807, 2.05) is 6.07 Å². The van der Waals surface area contributed by atoms with E-state index >= 15 is 0 Å². The number of Topliss-reactive ketones (excluding diaryl/α,β-unsaturated/α-hetero) is 1. The van der Waals surface area contributed by atoms with Gasteiger partial charge in [-0.3, -0.25) is 0 Å². The molecule has 0 atom stereocenters. The Morgan fingerprint density at radius 3 is 2.34 bits per heavy atom. The van der Waals surface area contributed by atoms with E-state index in [1.54, 1.807) is 6.92 Å². The molecule has 0 N–H and O–H groups in total. The number of benzene rings is 2. The van der Waals surface area contributed by atoms with E-state index in [0.717, 1.165) is 30.3 Å². The van der Waals surface area contributed by atoms with Crippen LogP contribution in [0, 0.1) is 0 Å². The van der Waals surface area contributed by atoms with Crippen LogP contribution in [0.25, 0.3) is 0 Å². The summed E-state index contributed by atoms with van der Waals surface area (Å²) in [5, 5.41) is 0. The Bertz CT molecular complexity index is 1120. The molecule has 1 aliphatic rings. The average Bonchev–Trinajstić information content (AvgIpc) is 3.05. The molecule has 0 spiro atoms. The van der Waals surface area contributed by atoms with Crippen molar-refractivity contribution in [1.82, 2.24) is 0 Å². The number of fused-ring (bicyclic) bond motifs is 1. The molecule has 0 fully saturated rings. The molecule has 2 aromatic carbocycles. The molecule has 0 unspecified atom stereocenters. The van der Waals surface area contributed by atoms with E-state index in [4.69, 9.17) is 15.0 Å². The number of anilines is 1. The van der Waals surface area contributed by atoms with Gasteiger partial charge in [-0.05, 0) is 6.92 Å². The molecule has 0 aromatic heterocycles. The fraction of sp³-hybridized carbons (Fsp3) is 0.375. The molecular weight excluding hydrogens is 473 g/mol. The molecule has 3 heteroatoms. The summed E-state index contributed by atoms with van der Waals surface area (Å²) in [4.78, 5) is 13.7. The molecule has 188 valence electrons. The number of ketones is 1. The van der Waals surface area contributed by atoms with Crippen LogP contribution in [0.5, 0.6) is 0 Å². The summed E-state index contributed by atoms with van der Waals surface area (Å²) in [7, 11) is 0. The van der Waals surface area contributed by atoms with Gasteiger partial charge in [0.25, 0.3) is 0 Å². The zero-order chi connectivity index (χ0) is 25.5. The average molecular weight is 512 g/mol. The Labute approximate surface area is 219 Å². The molecule has 35 heavy (non-hydrogen) atoms. The van der Waals surface area contributed by atoms with Gasteiger partial charge in [-0.15, -0.1) is 0 Å². The summed E-state index contributed by atoms with van der Waals surface area (Å²) in [5.74, 6) is 0.281. The topological polar surface area (TPSA) is 20.3 Å².